The molecule has 0 amide bonds. The van der Waals surface area contributed by atoms with Crippen molar-refractivity contribution < 1.29 is 19.5 Å². The summed E-state index contributed by atoms with van der Waals surface area (Å²) >= 11 is 0. The molecule has 0 bridgehead atoms. The summed E-state index contributed by atoms with van der Waals surface area (Å²) in [6.45, 7) is -6.62. The quantitative estimate of drug-likeness (QED) is 0.547. The van der Waals surface area contributed by atoms with Gasteiger partial charge in [0, 0.05) is 9.60 Å². The van der Waals surface area contributed by atoms with Gasteiger partial charge in [-0.25, -0.2) is 0 Å². The van der Waals surface area contributed by atoms with Crippen LogP contribution < -0.4 is 5.73 Å². The Morgan fingerprint density at radius 1 is 2.00 bits per heavy atom. The van der Waals surface area contributed by atoms with Gasteiger partial charge in [-0.1, -0.05) is 13.7 Å². The minimum atomic E-state index is -3.31. The fourth-order valence-corrected chi connectivity index (χ4v) is 0.123. The molecule has 0 fully saturated rings. The topological polar surface area (TPSA) is 63.3 Å². The molecule has 0 saturated carbocycles. The Kier molecular flexibility index (Phi) is 0.568. The molecule has 48 valence electrons. The molecule has 0 saturated heterocycles. The minimum absolute atomic E-state index is 1.84. The molecule has 0 aromatic heterocycles. The average molecular weight is 124 g/mol. The van der Waals surface area contributed by atoms with E-state index in [4.69, 9.17) is 20.4 Å². The molecule has 0 aliphatic heterocycles. The van der Waals surface area contributed by atoms with Crippen molar-refractivity contribution in [3.63, 3.8) is 0 Å². The van der Waals surface area contributed by atoms with Gasteiger partial charge in [0.1, 0.15) is 6.04 Å². The smallest absolute Gasteiger partial charge is 0.320 e. The van der Waals surface area contributed by atoms with E-state index < -0.39 is 31.6 Å². The van der Waals surface area contributed by atoms with Gasteiger partial charge in [0.05, 0.1) is 0 Å². The highest BCUT2D eigenvalue weighted by Gasteiger charge is 2.14. The molecule has 0 aliphatic carbocycles. The molecule has 3 nitrogen and oxygen atoms in total. The van der Waals surface area contributed by atoms with Crippen LogP contribution in [0.1, 0.15) is 23.3 Å². The summed E-state index contributed by atoms with van der Waals surface area (Å²) in [6.07, 6.45) is 0. The van der Waals surface area contributed by atoms with Crippen LogP contribution in [0.15, 0.2) is 0 Å². The first-order valence-electron chi connectivity index (χ1n) is 5.34. The zero-order valence-corrected chi connectivity index (χ0v) is 4.01. The fraction of sp³-hybridized carbons (Fsp3) is 0.800. The first-order valence-corrected chi connectivity index (χ1v) is 1.84. The Hall–Kier alpha value is -0.570. The summed E-state index contributed by atoms with van der Waals surface area (Å²) in [5, 5.41) is 8.50. The Labute approximate surface area is 58.3 Å². The number of nitrogens with two attached hydrogens (primary N) is 1. The monoisotopic (exact) mass is 124 g/mol. The van der Waals surface area contributed by atoms with Crippen LogP contribution in [-0.4, -0.2) is 17.1 Å². The Balaban J connectivity index is 5.53. The van der Waals surface area contributed by atoms with E-state index in [1.807, 2.05) is 0 Å². The highest BCUT2D eigenvalue weighted by molar-refractivity contribution is 5.73. The molecule has 3 N–H and O–H groups in total. The maximum Gasteiger partial charge on any atom is 0.320 e. The predicted molar refractivity (Wildman–Crippen MR) is 30.4 cm³/mol. The van der Waals surface area contributed by atoms with E-state index in [0.717, 1.165) is 0 Å². The molecular weight excluding hydrogens is 106 g/mol. The van der Waals surface area contributed by atoms with Gasteiger partial charge in [0.25, 0.3) is 0 Å². The molecule has 3 heteroatoms. The van der Waals surface area contributed by atoms with Gasteiger partial charge in [-0.05, 0) is 5.89 Å². The van der Waals surface area contributed by atoms with E-state index in [2.05, 4.69) is 0 Å². The number of aliphatic carboxylic acids is 1. The van der Waals surface area contributed by atoms with E-state index in [-0.39, 0.29) is 0 Å². The molecule has 0 rings (SSSR count). The van der Waals surface area contributed by atoms with Gasteiger partial charge in [0.15, 0.2) is 0 Å². The first-order chi connectivity index (χ1) is 6.35. The number of hydrogen-bond donors (Lipinski definition) is 2. The molecule has 0 aromatic rings. The number of rotatable bonds is 2. The lowest BCUT2D eigenvalue weighted by Crippen LogP contribution is -2.34. The van der Waals surface area contributed by atoms with Crippen LogP contribution in [-0.2, 0) is 4.79 Å². The van der Waals surface area contributed by atoms with Crippen LogP contribution in [0, 0.1) is 5.89 Å². The number of carbonyl (C=O) groups is 1. The van der Waals surface area contributed by atoms with Gasteiger partial charge in [-0.2, -0.15) is 0 Å². The highest BCUT2D eigenvalue weighted by Crippen LogP contribution is 1.96. The lowest BCUT2D eigenvalue weighted by molar-refractivity contribution is -0.139. The van der Waals surface area contributed by atoms with Crippen molar-refractivity contribution in [3.8, 4) is 0 Å². The Morgan fingerprint density at radius 3 is 2.62 bits per heavy atom. The standard InChI is InChI=1S/C5H11NO2/c1-3(2)4(6)5(7)8/h3-4H,6H2,1-2H3,(H,7,8)/t4-/m0/s1/i1D3,2D3,3D. The molecule has 0 aromatic carbocycles. The third-order valence-corrected chi connectivity index (χ3v) is 0.577. The minimum Gasteiger partial charge on any atom is -0.480 e. The third-order valence-electron chi connectivity index (χ3n) is 0.577. The van der Waals surface area contributed by atoms with Crippen LogP contribution in [0.2, 0.25) is 0 Å². The summed E-state index contributed by atoms with van der Waals surface area (Å²) in [5.41, 5.74) is 4.96. The summed E-state index contributed by atoms with van der Waals surface area (Å²) in [4.78, 5) is 10.5. The molecule has 0 unspecified atom stereocenters. The second-order valence-corrected chi connectivity index (χ2v) is 1.23. The van der Waals surface area contributed by atoms with Gasteiger partial charge < -0.3 is 10.8 Å². The van der Waals surface area contributed by atoms with Crippen molar-refractivity contribution >= 4 is 5.97 Å². The van der Waals surface area contributed by atoms with Crippen molar-refractivity contribution in [2.75, 3.05) is 0 Å². The zero-order valence-electron chi connectivity index (χ0n) is 11.0. The van der Waals surface area contributed by atoms with Crippen molar-refractivity contribution in [2.24, 2.45) is 11.6 Å². The number of carboxylic acids is 1. The van der Waals surface area contributed by atoms with Crippen molar-refractivity contribution in [1.29, 1.82) is 0 Å². The van der Waals surface area contributed by atoms with Gasteiger partial charge >= 0.3 is 5.97 Å². The summed E-state index contributed by atoms with van der Waals surface area (Å²) in [6, 6.07) is -2.31. The second-order valence-electron chi connectivity index (χ2n) is 1.23. The average Bonchev–Trinajstić information content (AvgIpc) is 1.96. The van der Waals surface area contributed by atoms with Crippen LogP contribution in [0.4, 0.5) is 0 Å². The highest BCUT2D eigenvalue weighted by atomic mass is 16.4. The lowest BCUT2D eigenvalue weighted by atomic mass is 10.1. The SMILES string of the molecule is [2H]C([2H])([2H])C([2H])([C@H](N)C(=O)O)C([2H])([2H])[2H]. The third kappa shape index (κ3) is 1.93. The Bertz CT molecular complexity index is 243. The molecule has 0 spiro atoms. The fourth-order valence-electron chi connectivity index (χ4n) is 0.123. The van der Waals surface area contributed by atoms with Gasteiger partial charge in [-0.3, -0.25) is 4.79 Å². The normalized spacial score (nSPS) is 31.4. The summed E-state index contributed by atoms with van der Waals surface area (Å²) < 4.78 is 48.8. The van der Waals surface area contributed by atoms with Crippen molar-refractivity contribution in [3.05, 3.63) is 0 Å². The molecule has 0 aliphatic rings. The molecule has 0 heterocycles. The Morgan fingerprint density at radius 2 is 2.50 bits per heavy atom. The van der Waals surface area contributed by atoms with Crippen LogP contribution in [0.25, 0.3) is 0 Å². The maximum atomic E-state index is 10.5. The predicted octanol–water partition coefficient (Wildman–Crippen LogP) is 0.0543. The maximum absolute atomic E-state index is 10.5. The van der Waals surface area contributed by atoms with E-state index in [0.29, 0.717) is 0 Å². The van der Waals surface area contributed by atoms with Crippen LogP contribution in [0.3, 0.4) is 0 Å². The van der Waals surface area contributed by atoms with Crippen LogP contribution >= 0.6 is 0 Å². The number of hydrogen-bond acceptors (Lipinski definition) is 2. The molecule has 0 radical (unpaired) electrons. The first kappa shape index (κ1) is 1.70. The lowest BCUT2D eigenvalue weighted by Gasteiger charge is -2.07. The zero-order chi connectivity index (χ0) is 12.7. The number of carboxylic acid groups (broad SMARTS) is 1. The van der Waals surface area contributed by atoms with E-state index >= 15 is 0 Å². The molecular formula is C5H11NO2. The second kappa shape index (κ2) is 2.67. The van der Waals surface area contributed by atoms with E-state index in [1.165, 1.54) is 0 Å². The molecule has 8 heavy (non-hydrogen) atoms. The van der Waals surface area contributed by atoms with Gasteiger partial charge in [0.2, 0.25) is 0 Å². The largest absolute Gasteiger partial charge is 0.480 e. The van der Waals surface area contributed by atoms with E-state index in [1.54, 1.807) is 0 Å². The van der Waals surface area contributed by atoms with E-state index in [9.17, 15) is 4.79 Å². The van der Waals surface area contributed by atoms with Crippen molar-refractivity contribution in [2.45, 2.75) is 19.7 Å². The van der Waals surface area contributed by atoms with Crippen LogP contribution in [0.5, 0.6) is 0 Å². The molecule has 1 atom stereocenters. The summed E-state index contributed by atoms with van der Waals surface area (Å²) in [7, 11) is 0. The summed E-state index contributed by atoms with van der Waals surface area (Å²) in [5.74, 6) is -5.05. The van der Waals surface area contributed by atoms with Crippen molar-refractivity contribution in [1.82, 2.24) is 0 Å². The van der Waals surface area contributed by atoms with Gasteiger partial charge in [-0.15, -0.1) is 0 Å².